The third kappa shape index (κ3) is 19.8. The Kier molecular flexibility index (Phi) is 21.4. The molecule has 0 rings (SSSR count). The molecule has 0 aromatic rings. The fourth-order valence-corrected chi connectivity index (χ4v) is 1.80. The molecule has 0 saturated carbocycles. The average Bonchev–Trinajstić information content (AvgIpc) is 2.63. The van der Waals surface area contributed by atoms with Gasteiger partial charge in [-0.2, -0.15) is 0 Å². The van der Waals surface area contributed by atoms with E-state index in [0.717, 1.165) is 0 Å². The van der Waals surface area contributed by atoms with E-state index in [1.54, 1.807) is 0 Å². The summed E-state index contributed by atoms with van der Waals surface area (Å²) in [6, 6.07) is 0. The SMILES string of the molecule is NCCOCCOCC(COCCOCCN)COCCOCCN. The van der Waals surface area contributed by atoms with E-state index in [1.165, 1.54) is 0 Å². The Bertz CT molecular complexity index is 214. The molecule has 0 fully saturated rings. The number of hydrogen-bond acceptors (Lipinski definition) is 9. The second-order valence-electron chi connectivity index (χ2n) is 5.29. The normalized spacial score (nSPS) is 11.5. The predicted octanol–water partition coefficient (Wildman–Crippen LogP) is -1.42. The minimum absolute atomic E-state index is 0.138. The van der Waals surface area contributed by atoms with Crippen LogP contribution in [0, 0.1) is 5.92 Å². The first-order chi connectivity index (χ1) is 12.3. The predicted molar refractivity (Wildman–Crippen MR) is 95.6 cm³/mol. The van der Waals surface area contributed by atoms with Gasteiger partial charge >= 0.3 is 0 Å². The zero-order valence-electron chi connectivity index (χ0n) is 15.4. The lowest BCUT2D eigenvalue weighted by Gasteiger charge is -2.18. The van der Waals surface area contributed by atoms with Gasteiger partial charge in [0.05, 0.1) is 79.3 Å². The molecule has 25 heavy (non-hydrogen) atoms. The molecule has 0 aromatic carbocycles. The topological polar surface area (TPSA) is 133 Å². The Balaban J connectivity index is 3.76. The van der Waals surface area contributed by atoms with Crippen LogP contribution in [0.3, 0.4) is 0 Å². The van der Waals surface area contributed by atoms with Gasteiger partial charge in [0.1, 0.15) is 0 Å². The average molecular weight is 367 g/mol. The summed E-state index contributed by atoms with van der Waals surface area (Å²) in [5.74, 6) is 0.138. The van der Waals surface area contributed by atoms with Crippen molar-refractivity contribution < 1.29 is 28.4 Å². The van der Waals surface area contributed by atoms with Crippen molar-refractivity contribution in [3.8, 4) is 0 Å². The first-order valence-electron chi connectivity index (χ1n) is 8.91. The highest BCUT2D eigenvalue weighted by atomic mass is 16.5. The van der Waals surface area contributed by atoms with Gasteiger partial charge in [0.2, 0.25) is 0 Å². The van der Waals surface area contributed by atoms with Crippen LogP contribution in [-0.4, -0.2) is 98.9 Å². The Morgan fingerprint density at radius 2 is 0.680 bits per heavy atom. The van der Waals surface area contributed by atoms with Crippen molar-refractivity contribution in [2.24, 2.45) is 23.1 Å². The minimum Gasteiger partial charge on any atom is -0.379 e. The van der Waals surface area contributed by atoms with Crippen LogP contribution in [0.2, 0.25) is 0 Å². The van der Waals surface area contributed by atoms with Crippen LogP contribution in [0.5, 0.6) is 0 Å². The first-order valence-corrected chi connectivity index (χ1v) is 8.91. The number of rotatable bonds is 21. The van der Waals surface area contributed by atoms with Gasteiger partial charge in [0, 0.05) is 25.6 Å². The van der Waals surface area contributed by atoms with Crippen molar-refractivity contribution in [3.63, 3.8) is 0 Å². The van der Waals surface area contributed by atoms with E-state index in [2.05, 4.69) is 0 Å². The van der Waals surface area contributed by atoms with Crippen molar-refractivity contribution in [3.05, 3.63) is 0 Å². The fraction of sp³-hybridized carbons (Fsp3) is 1.00. The molecule has 0 amide bonds. The summed E-state index contributed by atoms with van der Waals surface area (Å²) < 4.78 is 32.6. The van der Waals surface area contributed by atoms with Gasteiger partial charge in [-0.1, -0.05) is 0 Å². The summed E-state index contributed by atoms with van der Waals surface area (Å²) in [5, 5.41) is 0. The molecule has 9 nitrogen and oxygen atoms in total. The van der Waals surface area contributed by atoms with Crippen LogP contribution in [0.25, 0.3) is 0 Å². The standard InChI is InChI=1S/C16H37N3O6/c17-1-4-20-7-10-23-13-16(14-24-11-8-21-5-2-18)15-25-12-9-22-6-3-19/h16H,1-15,17-19H2. The van der Waals surface area contributed by atoms with Crippen molar-refractivity contribution in [2.45, 2.75) is 0 Å². The van der Waals surface area contributed by atoms with E-state index < -0.39 is 0 Å². The maximum absolute atomic E-state index is 5.61. The van der Waals surface area contributed by atoms with Gasteiger partial charge in [-0.25, -0.2) is 0 Å². The van der Waals surface area contributed by atoms with Crippen LogP contribution < -0.4 is 17.2 Å². The summed E-state index contributed by atoms with van der Waals surface area (Å²) in [7, 11) is 0. The fourth-order valence-electron chi connectivity index (χ4n) is 1.80. The highest BCUT2D eigenvalue weighted by Gasteiger charge is 2.10. The van der Waals surface area contributed by atoms with Gasteiger partial charge in [-0.05, 0) is 0 Å². The summed E-state index contributed by atoms with van der Waals surface area (Å²) in [4.78, 5) is 0. The molecule has 152 valence electrons. The molecule has 0 radical (unpaired) electrons. The summed E-state index contributed by atoms with van der Waals surface area (Å²) in [5.41, 5.74) is 16.1. The summed E-state index contributed by atoms with van der Waals surface area (Å²) >= 11 is 0. The lowest BCUT2D eigenvalue weighted by Crippen LogP contribution is -2.25. The monoisotopic (exact) mass is 367 g/mol. The van der Waals surface area contributed by atoms with Crippen molar-refractivity contribution in [1.29, 1.82) is 0 Å². The molecule has 6 N–H and O–H groups in total. The molecule has 0 atom stereocenters. The van der Waals surface area contributed by atoms with Crippen molar-refractivity contribution in [1.82, 2.24) is 0 Å². The number of nitrogens with two attached hydrogens (primary N) is 3. The molecule has 0 aromatic heterocycles. The van der Waals surface area contributed by atoms with E-state index in [0.29, 0.717) is 98.9 Å². The van der Waals surface area contributed by atoms with E-state index in [1.807, 2.05) is 0 Å². The van der Waals surface area contributed by atoms with E-state index in [9.17, 15) is 0 Å². The zero-order valence-corrected chi connectivity index (χ0v) is 15.4. The molecule has 0 bridgehead atoms. The van der Waals surface area contributed by atoms with Crippen LogP contribution in [-0.2, 0) is 28.4 Å². The van der Waals surface area contributed by atoms with Gasteiger partial charge in [0.25, 0.3) is 0 Å². The third-order valence-corrected chi connectivity index (χ3v) is 2.96. The molecule has 0 aliphatic rings. The molecule has 0 unspecified atom stereocenters. The molecule has 0 aliphatic heterocycles. The molecular formula is C16H37N3O6. The van der Waals surface area contributed by atoms with Gasteiger partial charge in [-0.3, -0.25) is 0 Å². The van der Waals surface area contributed by atoms with E-state index >= 15 is 0 Å². The Morgan fingerprint density at radius 3 is 0.960 bits per heavy atom. The van der Waals surface area contributed by atoms with Gasteiger partial charge in [0.15, 0.2) is 0 Å². The van der Waals surface area contributed by atoms with E-state index in [4.69, 9.17) is 45.6 Å². The molecule has 0 spiro atoms. The quantitative estimate of drug-likeness (QED) is 0.209. The Labute approximate surface area is 151 Å². The smallest absolute Gasteiger partial charge is 0.0701 e. The number of ether oxygens (including phenoxy) is 6. The van der Waals surface area contributed by atoms with Gasteiger partial charge in [-0.15, -0.1) is 0 Å². The maximum atomic E-state index is 5.61. The summed E-state index contributed by atoms with van der Waals surface area (Å²) in [6.45, 7) is 7.98. The Morgan fingerprint density at radius 1 is 0.400 bits per heavy atom. The second-order valence-corrected chi connectivity index (χ2v) is 5.29. The van der Waals surface area contributed by atoms with Crippen LogP contribution in [0.4, 0.5) is 0 Å². The van der Waals surface area contributed by atoms with Crippen molar-refractivity contribution >= 4 is 0 Å². The van der Waals surface area contributed by atoms with Gasteiger partial charge < -0.3 is 45.6 Å². The van der Waals surface area contributed by atoms with Crippen molar-refractivity contribution in [2.75, 3.05) is 98.9 Å². The zero-order chi connectivity index (χ0) is 18.4. The summed E-state index contributed by atoms with van der Waals surface area (Å²) in [6.07, 6.45) is 0. The molecule has 9 heteroatoms. The second kappa shape index (κ2) is 21.7. The molecule has 0 heterocycles. The molecular weight excluding hydrogens is 330 g/mol. The van der Waals surface area contributed by atoms with Crippen LogP contribution in [0.1, 0.15) is 0 Å². The highest BCUT2D eigenvalue weighted by Crippen LogP contribution is 2.01. The minimum atomic E-state index is 0.138. The Hall–Kier alpha value is -0.360. The van der Waals surface area contributed by atoms with Crippen LogP contribution >= 0.6 is 0 Å². The third-order valence-electron chi connectivity index (χ3n) is 2.96. The van der Waals surface area contributed by atoms with E-state index in [-0.39, 0.29) is 5.92 Å². The molecule has 0 saturated heterocycles. The first kappa shape index (κ1) is 24.6. The highest BCUT2D eigenvalue weighted by molar-refractivity contribution is 4.57. The lowest BCUT2D eigenvalue weighted by molar-refractivity contribution is -0.0359. The maximum Gasteiger partial charge on any atom is 0.0701 e. The molecule has 0 aliphatic carbocycles. The van der Waals surface area contributed by atoms with Crippen LogP contribution in [0.15, 0.2) is 0 Å². The lowest BCUT2D eigenvalue weighted by atomic mass is 10.2. The largest absolute Gasteiger partial charge is 0.379 e. The number of hydrogen-bond donors (Lipinski definition) is 3.